The number of aromatic nitrogens is 1. The van der Waals surface area contributed by atoms with Crippen LogP contribution in [0.3, 0.4) is 0 Å². The van der Waals surface area contributed by atoms with Gasteiger partial charge in [0.15, 0.2) is 0 Å². The van der Waals surface area contributed by atoms with Crippen LogP contribution in [0.1, 0.15) is 29.9 Å². The Morgan fingerprint density at radius 3 is 2.72 bits per heavy atom. The predicted molar refractivity (Wildman–Crippen MR) is 72.2 cm³/mol. The summed E-state index contributed by atoms with van der Waals surface area (Å²) in [6.07, 6.45) is 0.727. The van der Waals surface area contributed by atoms with Crippen molar-refractivity contribution in [1.29, 1.82) is 0 Å². The van der Waals surface area contributed by atoms with Crippen LogP contribution in [-0.4, -0.2) is 47.6 Å². The summed E-state index contributed by atoms with van der Waals surface area (Å²) in [5.74, 6) is -0.280. The van der Waals surface area contributed by atoms with E-state index in [-0.39, 0.29) is 5.56 Å². The number of likely N-dealkylation sites (N-methyl/N-ethyl adjacent to an activating group) is 1. The van der Waals surface area contributed by atoms with E-state index in [9.17, 15) is 4.79 Å². The number of carboxylic acids is 1. The number of nitrogens with zero attached hydrogens (tertiary/aromatic N) is 2. The van der Waals surface area contributed by atoms with Gasteiger partial charge in [0.25, 0.3) is 0 Å². The van der Waals surface area contributed by atoms with Crippen LogP contribution >= 0.6 is 0 Å². The lowest BCUT2D eigenvalue weighted by Gasteiger charge is -2.14. The zero-order chi connectivity index (χ0) is 13.5. The molecule has 18 heavy (non-hydrogen) atoms. The van der Waals surface area contributed by atoms with E-state index >= 15 is 0 Å². The highest BCUT2D eigenvalue weighted by Gasteiger charge is 2.07. The Morgan fingerprint density at radius 1 is 1.44 bits per heavy atom. The smallest absolute Gasteiger partial charge is 0.335 e. The maximum atomic E-state index is 11.0. The molecule has 0 saturated carbocycles. The molecule has 0 fully saturated rings. The van der Waals surface area contributed by atoms with E-state index in [2.05, 4.69) is 22.1 Å². The van der Waals surface area contributed by atoms with Crippen molar-refractivity contribution in [1.82, 2.24) is 9.88 Å². The highest BCUT2D eigenvalue weighted by atomic mass is 16.4. The van der Waals surface area contributed by atoms with Gasteiger partial charge in [-0.05, 0) is 32.1 Å². The summed E-state index contributed by atoms with van der Waals surface area (Å²) in [5, 5.41) is 12.2. The maximum Gasteiger partial charge on any atom is 0.335 e. The fraction of sp³-hybridized carbons (Fsp3) is 0.538. The molecule has 0 bridgehead atoms. The molecule has 1 rings (SSSR count). The van der Waals surface area contributed by atoms with Gasteiger partial charge < -0.3 is 15.3 Å². The number of carboxylic acid groups (broad SMARTS) is 1. The first kappa shape index (κ1) is 14.4. The molecule has 0 unspecified atom stereocenters. The number of aromatic carboxylic acids is 1. The van der Waals surface area contributed by atoms with Crippen LogP contribution in [0.5, 0.6) is 0 Å². The van der Waals surface area contributed by atoms with E-state index in [1.807, 2.05) is 14.0 Å². The average Bonchev–Trinajstić information content (AvgIpc) is 2.37. The molecule has 0 radical (unpaired) electrons. The van der Waals surface area contributed by atoms with E-state index in [1.54, 1.807) is 12.1 Å². The van der Waals surface area contributed by atoms with Crippen molar-refractivity contribution in [2.24, 2.45) is 0 Å². The lowest BCUT2D eigenvalue weighted by atomic mass is 10.2. The molecule has 0 aromatic carbocycles. The molecule has 5 nitrogen and oxygen atoms in total. The van der Waals surface area contributed by atoms with E-state index in [1.165, 1.54) is 0 Å². The predicted octanol–water partition coefficient (Wildman–Crippen LogP) is 1.71. The van der Waals surface area contributed by atoms with Gasteiger partial charge in [-0.2, -0.15) is 0 Å². The van der Waals surface area contributed by atoms with E-state index in [0.717, 1.165) is 31.7 Å². The lowest BCUT2D eigenvalue weighted by Crippen LogP contribution is -2.25. The molecular formula is C13H21N3O2. The normalized spacial score (nSPS) is 10.7. The van der Waals surface area contributed by atoms with Gasteiger partial charge in [-0.25, -0.2) is 9.78 Å². The SMILES string of the molecule is CCc1cc(C(=O)O)cc(NCCN(C)CC)n1. The monoisotopic (exact) mass is 251 g/mol. The first-order chi connectivity index (χ1) is 8.56. The minimum Gasteiger partial charge on any atom is -0.478 e. The van der Waals surface area contributed by atoms with Crippen LogP contribution < -0.4 is 5.32 Å². The van der Waals surface area contributed by atoms with Gasteiger partial charge in [-0.15, -0.1) is 0 Å². The number of carbonyl (C=O) groups is 1. The second-order valence-electron chi connectivity index (χ2n) is 4.21. The number of hydrogen-bond acceptors (Lipinski definition) is 4. The fourth-order valence-electron chi connectivity index (χ4n) is 1.52. The molecule has 100 valence electrons. The van der Waals surface area contributed by atoms with Crippen LogP contribution in [0.25, 0.3) is 0 Å². The summed E-state index contributed by atoms with van der Waals surface area (Å²) in [6.45, 7) is 6.70. The van der Waals surface area contributed by atoms with E-state index < -0.39 is 5.97 Å². The Bertz CT molecular complexity index is 407. The van der Waals surface area contributed by atoms with Gasteiger partial charge in [0, 0.05) is 18.8 Å². The summed E-state index contributed by atoms with van der Waals surface area (Å²) in [6, 6.07) is 3.19. The standard InChI is InChI=1S/C13H21N3O2/c1-4-11-8-10(13(17)18)9-12(15-11)14-6-7-16(3)5-2/h8-9H,4-7H2,1-3H3,(H,14,15)(H,17,18). The number of pyridine rings is 1. The fourth-order valence-corrected chi connectivity index (χ4v) is 1.52. The molecule has 1 heterocycles. The quantitative estimate of drug-likeness (QED) is 0.772. The van der Waals surface area contributed by atoms with Gasteiger partial charge in [0.1, 0.15) is 5.82 Å². The Balaban J connectivity index is 2.69. The van der Waals surface area contributed by atoms with Crippen molar-refractivity contribution in [3.05, 3.63) is 23.4 Å². The molecule has 0 aliphatic carbocycles. The topological polar surface area (TPSA) is 65.5 Å². The second-order valence-corrected chi connectivity index (χ2v) is 4.21. The number of rotatable bonds is 7. The molecular weight excluding hydrogens is 230 g/mol. The van der Waals surface area contributed by atoms with Gasteiger partial charge >= 0.3 is 5.97 Å². The number of hydrogen-bond donors (Lipinski definition) is 2. The van der Waals surface area contributed by atoms with Crippen molar-refractivity contribution in [2.75, 3.05) is 32.0 Å². The average molecular weight is 251 g/mol. The highest BCUT2D eigenvalue weighted by molar-refractivity contribution is 5.88. The molecule has 0 amide bonds. The third-order valence-corrected chi connectivity index (χ3v) is 2.83. The Labute approximate surface area is 108 Å². The number of nitrogens with one attached hydrogen (secondary N) is 1. The third kappa shape index (κ3) is 4.33. The molecule has 1 aromatic rings. The summed E-state index contributed by atoms with van der Waals surface area (Å²) >= 11 is 0. The van der Waals surface area contributed by atoms with Crippen LogP contribution in [0.2, 0.25) is 0 Å². The number of aryl methyl sites for hydroxylation is 1. The summed E-state index contributed by atoms with van der Waals surface area (Å²) in [5.41, 5.74) is 1.08. The Hall–Kier alpha value is -1.62. The highest BCUT2D eigenvalue weighted by Crippen LogP contribution is 2.11. The molecule has 0 saturated heterocycles. The summed E-state index contributed by atoms with van der Waals surface area (Å²) in [7, 11) is 2.04. The van der Waals surface area contributed by atoms with Crippen LogP contribution in [0.4, 0.5) is 5.82 Å². The van der Waals surface area contributed by atoms with Gasteiger partial charge in [-0.1, -0.05) is 13.8 Å². The first-order valence-electron chi connectivity index (χ1n) is 6.23. The van der Waals surface area contributed by atoms with Crippen molar-refractivity contribution in [3.8, 4) is 0 Å². The van der Waals surface area contributed by atoms with E-state index in [4.69, 9.17) is 5.11 Å². The molecule has 0 atom stereocenters. The van der Waals surface area contributed by atoms with Crippen LogP contribution in [0, 0.1) is 0 Å². The van der Waals surface area contributed by atoms with Crippen molar-refractivity contribution >= 4 is 11.8 Å². The Kier molecular flexibility index (Phi) is 5.58. The van der Waals surface area contributed by atoms with Gasteiger partial charge in [-0.3, -0.25) is 0 Å². The largest absolute Gasteiger partial charge is 0.478 e. The Morgan fingerprint density at radius 2 is 2.17 bits per heavy atom. The first-order valence-corrected chi connectivity index (χ1v) is 6.23. The lowest BCUT2D eigenvalue weighted by molar-refractivity contribution is 0.0696. The second kappa shape index (κ2) is 6.96. The maximum absolute atomic E-state index is 11.0. The van der Waals surface area contributed by atoms with E-state index in [0.29, 0.717) is 5.82 Å². The van der Waals surface area contributed by atoms with Gasteiger partial charge in [0.05, 0.1) is 5.56 Å². The zero-order valence-corrected chi connectivity index (χ0v) is 11.2. The van der Waals surface area contributed by atoms with Crippen LogP contribution in [-0.2, 0) is 6.42 Å². The molecule has 0 spiro atoms. The molecule has 2 N–H and O–H groups in total. The molecule has 5 heteroatoms. The molecule has 0 aliphatic heterocycles. The molecule has 1 aromatic heterocycles. The van der Waals surface area contributed by atoms with Crippen molar-refractivity contribution in [3.63, 3.8) is 0 Å². The summed E-state index contributed by atoms with van der Waals surface area (Å²) in [4.78, 5) is 17.5. The number of anilines is 1. The minimum absolute atomic E-state index is 0.285. The molecule has 0 aliphatic rings. The van der Waals surface area contributed by atoms with Crippen molar-refractivity contribution < 1.29 is 9.90 Å². The zero-order valence-electron chi connectivity index (χ0n) is 11.2. The van der Waals surface area contributed by atoms with Crippen LogP contribution in [0.15, 0.2) is 12.1 Å². The summed E-state index contributed by atoms with van der Waals surface area (Å²) < 4.78 is 0. The minimum atomic E-state index is -0.916. The van der Waals surface area contributed by atoms with Gasteiger partial charge in [0.2, 0.25) is 0 Å². The van der Waals surface area contributed by atoms with Crippen molar-refractivity contribution in [2.45, 2.75) is 20.3 Å². The third-order valence-electron chi connectivity index (χ3n) is 2.83.